The average molecular weight is 238 g/mol. The molecule has 3 N–H and O–H groups in total. The Morgan fingerprint density at radius 1 is 1.50 bits per heavy atom. The van der Waals surface area contributed by atoms with Crippen LogP contribution in [-0.2, 0) is 6.54 Å². The van der Waals surface area contributed by atoms with Crippen molar-refractivity contribution in [3.8, 4) is 17.4 Å². The minimum absolute atomic E-state index is 0.213. The molecule has 8 heteroatoms. The van der Waals surface area contributed by atoms with Crippen molar-refractivity contribution in [2.45, 2.75) is 12.9 Å². The van der Waals surface area contributed by atoms with E-state index in [-0.39, 0.29) is 18.0 Å². The summed E-state index contributed by atoms with van der Waals surface area (Å²) in [7, 11) is 1.21. The minimum atomic E-state index is -4.87. The summed E-state index contributed by atoms with van der Waals surface area (Å²) in [4.78, 5) is 3.44. The maximum absolute atomic E-state index is 12.0. The Bertz CT molecular complexity index is 382. The van der Waals surface area contributed by atoms with Crippen LogP contribution in [0.1, 0.15) is 5.56 Å². The van der Waals surface area contributed by atoms with Gasteiger partial charge in [-0.1, -0.05) is 0 Å². The zero-order valence-corrected chi connectivity index (χ0v) is 8.21. The zero-order chi connectivity index (χ0) is 12.3. The normalized spacial score (nSPS) is 11.3. The fraction of sp³-hybridized carbons (Fsp3) is 0.375. The Labute approximate surface area is 88.6 Å². The molecular formula is C8H9F3N2O3. The third-order valence-corrected chi connectivity index (χ3v) is 1.71. The fourth-order valence-electron chi connectivity index (χ4n) is 1.06. The number of nitrogens with two attached hydrogens (primary N) is 1. The highest BCUT2D eigenvalue weighted by Crippen LogP contribution is 2.36. The van der Waals surface area contributed by atoms with Crippen molar-refractivity contribution in [3.05, 3.63) is 11.8 Å². The van der Waals surface area contributed by atoms with Crippen LogP contribution in [0.3, 0.4) is 0 Å². The highest BCUT2D eigenvalue weighted by Gasteiger charge is 2.33. The summed E-state index contributed by atoms with van der Waals surface area (Å²) in [6.07, 6.45) is -4.08. The molecule has 0 aliphatic rings. The topological polar surface area (TPSA) is 77.6 Å². The van der Waals surface area contributed by atoms with E-state index in [2.05, 4.69) is 14.5 Å². The van der Waals surface area contributed by atoms with E-state index >= 15 is 0 Å². The van der Waals surface area contributed by atoms with E-state index in [4.69, 9.17) is 5.73 Å². The van der Waals surface area contributed by atoms with E-state index < -0.39 is 17.9 Å². The lowest BCUT2D eigenvalue weighted by Gasteiger charge is -2.14. The van der Waals surface area contributed by atoms with Gasteiger partial charge in [0.05, 0.1) is 18.9 Å². The second kappa shape index (κ2) is 4.44. The van der Waals surface area contributed by atoms with Crippen molar-refractivity contribution in [3.63, 3.8) is 0 Å². The molecule has 0 atom stereocenters. The summed E-state index contributed by atoms with van der Waals surface area (Å²) < 4.78 is 44.2. The van der Waals surface area contributed by atoms with Crippen LogP contribution in [0.25, 0.3) is 0 Å². The first-order valence-electron chi connectivity index (χ1n) is 4.09. The summed E-state index contributed by atoms with van der Waals surface area (Å²) >= 11 is 0. The molecular weight excluding hydrogens is 229 g/mol. The van der Waals surface area contributed by atoms with Gasteiger partial charge < -0.3 is 20.3 Å². The standard InChI is InChI=1S/C8H9F3N2O3/c1-15-7-6(14)4(2-12)5(3-13-7)16-8(9,10)11/h3,14H,2,12H2,1H3. The number of hydrogen-bond acceptors (Lipinski definition) is 5. The van der Waals surface area contributed by atoms with Crippen molar-refractivity contribution in [2.24, 2.45) is 5.73 Å². The number of aromatic nitrogens is 1. The number of ether oxygens (including phenoxy) is 2. The Balaban J connectivity index is 3.16. The minimum Gasteiger partial charge on any atom is -0.503 e. The Kier molecular flexibility index (Phi) is 3.43. The molecule has 0 fully saturated rings. The van der Waals surface area contributed by atoms with Crippen molar-refractivity contribution >= 4 is 0 Å². The molecule has 0 aliphatic carbocycles. The number of halogens is 3. The molecule has 0 bridgehead atoms. The molecule has 0 aliphatic heterocycles. The van der Waals surface area contributed by atoms with Crippen LogP contribution in [0.5, 0.6) is 17.4 Å². The number of rotatable bonds is 3. The molecule has 5 nitrogen and oxygen atoms in total. The van der Waals surface area contributed by atoms with Crippen LogP contribution in [-0.4, -0.2) is 23.6 Å². The third-order valence-electron chi connectivity index (χ3n) is 1.71. The summed E-state index contributed by atoms with van der Waals surface area (Å²) in [6.45, 7) is -0.337. The van der Waals surface area contributed by atoms with Crippen molar-refractivity contribution in [1.82, 2.24) is 4.98 Å². The van der Waals surface area contributed by atoms with Crippen LogP contribution in [0.4, 0.5) is 13.2 Å². The summed E-state index contributed by atoms with van der Waals surface area (Å²) in [5.74, 6) is -1.42. The largest absolute Gasteiger partial charge is 0.573 e. The van der Waals surface area contributed by atoms with Gasteiger partial charge in [-0.15, -0.1) is 13.2 Å². The van der Waals surface area contributed by atoms with Gasteiger partial charge in [-0.2, -0.15) is 0 Å². The smallest absolute Gasteiger partial charge is 0.503 e. The molecule has 0 amide bonds. The molecule has 0 radical (unpaired) electrons. The van der Waals surface area contributed by atoms with Gasteiger partial charge in [0.1, 0.15) is 0 Å². The van der Waals surface area contributed by atoms with Gasteiger partial charge in [-0.25, -0.2) is 4.98 Å². The van der Waals surface area contributed by atoms with Gasteiger partial charge >= 0.3 is 6.36 Å². The van der Waals surface area contributed by atoms with E-state index in [1.807, 2.05) is 0 Å². The molecule has 0 unspecified atom stereocenters. The maximum Gasteiger partial charge on any atom is 0.573 e. The Morgan fingerprint density at radius 2 is 2.12 bits per heavy atom. The molecule has 90 valence electrons. The number of hydrogen-bond donors (Lipinski definition) is 2. The summed E-state index contributed by atoms with van der Waals surface area (Å²) in [5.41, 5.74) is 4.98. The molecule has 1 aromatic heterocycles. The highest BCUT2D eigenvalue weighted by molar-refractivity contribution is 5.48. The van der Waals surface area contributed by atoms with Crippen LogP contribution in [0, 0.1) is 0 Å². The molecule has 0 saturated heterocycles. The number of aromatic hydroxyl groups is 1. The SMILES string of the molecule is COc1ncc(OC(F)(F)F)c(CN)c1O. The molecule has 0 spiro atoms. The van der Waals surface area contributed by atoms with Gasteiger partial charge in [0.2, 0.25) is 0 Å². The maximum atomic E-state index is 12.0. The Hall–Kier alpha value is -1.70. The molecule has 1 rings (SSSR count). The van der Waals surface area contributed by atoms with E-state index in [9.17, 15) is 18.3 Å². The van der Waals surface area contributed by atoms with Gasteiger partial charge in [0.15, 0.2) is 11.5 Å². The second-order valence-corrected chi connectivity index (χ2v) is 2.71. The lowest BCUT2D eigenvalue weighted by Crippen LogP contribution is -2.19. The second-order valence-electron chi connectivity index (χ2n) is 2.71. The van der Waals surface area contributed by atoms with Gasteiger partial charge in [0, 0.05) is 6.54 Å². The van der Waals surface area contributed by atoms with Crippen LogP contribution in [0.15, 0.2) is 6.20 Å². The lowest BCUT2D eigenvalue weighted by atomic mass is 10.2. The fourth-order valence-corrected chi connectivity index (χ4v) is 1.06. The first kappa shape index (κ1) is 12.4. The summed E-state index contributed by atoms with van der Waals surface area (Å²) in [5, 5.41) is 9.45. The third kappa shape index (κ3) is 2.66. The molecule has 16 heavy (non-hydrogen) atoms. The van der Waals surface area contributed by atoms with Gasteiger partial charge in [0.25, 0.3) is 5.88 Å². The first-order chi connectivity index (χ1) is 7.39. The predicted molar refractivity (Wildman–Crippen MR) is 47.0 cm³/mol. The number of methoxy groups -OCH3 is 1. The van der Waals surface area contributed by atoms with Crippen molar-refractivity contribution in [2.75, 3.05) is 7.11 Å². The molecule has 1 aromatic rings. The zero-order valence-electron chi connectivity index (χ0n) is 8.21. The lowest BCUT2D eigenvalue weighted by molar-refractivity contribution is -0.275. The van der Waals surface area contributed by atoms with Crippen LogP contribution < -0.4 is 15.2 Å². The molecule has 1 heterocycles. The number of nitrogens with zero attached hydrogens (tertiary/aromatic N) is 1. The summed E-state index contributed by atoms with van der Waals surface area (Å²) in [6, 6.07) is 0. The van der Waals surface area contributed by atoms with E-state index in [1.54, 1.807) is 0 Å². The van der Waals surface area contributed by atoms with Crippen LogP contribution in [0.2, 0.25) is 0 Å². The predicted octanol–water partition coefficient (Wildman–Crippen LogP) is 1.15. The van der Waals surface area contributed by atoms with Gasteiger partial charge in [-0.3, -0.25) is 0 Å². The van der Waals surface area contributed by atoms with E-state index in [1.165, 1.54) is 7.11 Å². The Morgan fingerprint density at radius 3 is 2.56 bits per heavy atom. The van der Waals surface area contributed by atoms with E-state index in [0.717, 1.165) is 6.20 Å². The highest BCUT2D eigenvalue weighted by atomic mass is 19.4. The molecule has 0 aromatic carbocycles. The van der Waals surface area contributed by atoms with Crippen LogP contribution >= 0.6 is 0 Å². The monoisotopic (exact) mass is 238 g/mol. The average Bonchev–Trinajstić information content (AvgIpc) is 2.16. The van der Waals surface area contributed by atoms with E-state index in [0.29, 0.717) is 0 Å². The molecule has 0 saturated carbocycles. The number of alkyl halides is 3. The number of pyridine rings is 1. The van der Waals surface area contributed by atoms with Gasteiger partial charge in [-0.05, 0) is 0 Å². The van der Waals surface area contributed by atoms with Crippen molar-refractivity contribution in [1.29, 1.82) is 0 Å². The van der Waals surface area contributed by atoms with Crippen molar-refractivity contribution < 1.29 is 27.8 Å². The quantitative estimate of drug-likeness (QED) is 0.826. The first-order valence-corrected chi connectivity index (χ1v) is 4.09.